The molecule has 0 aliphatic carbocycles. The van der Waals surface area contributed by atoms with Crippen molar-refractivity contribution in [2.24, 2.45) is 0 Å². The van der Waals surface area contributed by atoms with Crippen molar-refractivity contribution in [3.63, 3.8) is 0 Å². The molecule has 0 fully saturated rings. The molecule has 2 heterocycles. The third kappa shape index (κ3) is 3.65. The van der Waals surface area contributed by atoms with Crippen molar-refractivity contribution >= 4 is 23.3 Å². The second-order valence-corrected chi connectivity index (χ2v) is 6.89. The van der Waals surface area contributed by atoms with Crippen molar-refractivity contribution in [1.82, 2.24) is 19.1 Å². The Morgan fingerprint density at radius 1 is 1.00 bits per heavy atom. The molecule has 0 aliphatic rings. The van der Waals surface area contributed by atoms with Crippen LogP contribution < -0.4 is 11.2 Å². The van der Waals surface area contributed by atoms with E-state index < -0.39 is 0 Å². The van der Waals surface area contributed by atoms with Crippen molar-refractivity contribution < 1.29 is 0 Å². The lowest BCUT2D eigenvalue weighted by atomic mass is 10.1. The molecular formula is C21H26N4O2. The molecule has 1 N–H and O–H groups in total. The Kier molecular flexibility index (Phi) is 5.44. The molecule has 3 aromatic rings. The van der Waals surface area contributed by atoms with Gasteiger partial charge in [-0.25, -0.2) is 9.78 Å². The number of aromatic nitrogens is 4. The van der Waals surface area contributed by atoms with Crippen molar-refractivity contribution in [2.75, 3.05) is 0 Å². The summed E-state index contributed by atoms with van der Waals surface area (Å²) in [6, 6.07) is 6.23. The van der Waals surface area contributed by atoms with Gasteiger partial charge in [-0.2, -0.15) is 0 Å². The van der Waals surface area contributed by atoms with Gasteiger partial charge in [-0.15, -0.1) is 0 Å². The lowest BCUT2D eigenvalue weighted by Gasteiger charge is -2.09. The van der Waals surface area contributed by atoms with E-state index in [1.165, 1.54) is 15.7 Å². The number of rotatable bonds is 6. The molecule has 6 nitrogen and oxygen atoms in total. The molecule has 0 saturated heterocycles. The summed E-state index contributed by atoms with van der Waals surface area (Å²) in [7, 11) is 0. The molecule has 0 unspecified atom stereocenters. The molecule has 27 heavy (non-hydrogen) atoms. The summed E-state index contributed by atoms with van der Waals surface area (Å²) in [5.41, 5.74) is 3.76. The highest BCUT2D eigenvalue weighted by atomic mass is 16.2. The van der Waals surface area contributed by atoms with Crippen molar-refractivity contribution in [3.05, 3.63) is 61.6 Å². The number of hydrogen-bond donors (Lipinski definition) is 1. The molecular weight excluding hydrogens is 340 g/mol. The summed E-state index contributed by atoms with van der Waals surface area (Å²) >= 11 is 0. The SMILES string of the molecule is CCCn1c(=O)c2[nH]c(C=Cc3ccc(C)c(C)c3)nc2n(CCC)c1=O. The fourth-order valence-corrected chi connectivity index (χ4v) is 3.15. The van der Waals surface area contributed by atoms with Gasteiger partial charge < -0.3 is 4.98 Å². The van der Waals surface area contributed by atoms with Gasteiger partial charge in [0.1, 0.15) is 11.3 Å². The fraction of sp³-hybridized carbons (Fsp3) is 0.381. The van der Waals surface area contributed by atoms with Crippen LogP contribution in [0.4, 0.5) is 0 Å². The van der Waals surface area contributed by atoms with Crippen LogP contribution in [0.2, 0.25) is 0 Å². The smallest absolute Gasteiger partial charge is 0.332 e. The second kappa shape index (κ2) is 7.78. The maximum Gasteiger partial charge on any atom is 0.332 e. The Balaban J connectivity index is 2.10. The third-order valence-electron chi connectivity index (χ3n) is 4.74. The van der Waals surface area contributed by atoms with Gasteiger partial charge in [0.2, 0.25) is 0 Å². The van der Waals surface area contributed by atoms with Crippen LogP contribution in [-0.4, -0.2) is 19.1 Å². The summed E-state index contributed by atoms with van der Waals surface area (Å²) in [4.78, 5) is 33.0. The standard InChI is InChI=1S/C21H26N4O2/c1-5-11-24-19-18(20(26)25(12-6-2)21(24)27)22-17(23-19)10-9-16-8-7-14(3)15(4)13-16/h7-10,13H,5-6,11-12H2,1-4H3,(H,22,23). The predicted molar refractivity (Wildman–Crippen MR) is 110 cm³/mol. The number of hydrogen-bond acceptors (Lipinski definition) is 3. The minimum Gasteiger partial charge on any atom is -0.333 e. The Labute approximate surface area is 158 Å². The fourth-order valence-electron chi connectivity index (χ4n) is 3.15. The van der Waals surface area contributed by atoms with Crippen LogP contribution in [-0.2, 0) is 13.1 Å². The predicted octanol–water partition coefficient (Wildman–Crippen LogP) is 3.49. The highest BCUT2D eigenvalue weighted by Crippen LogP contribution is 2.14. The Hall–Kier alpha value is -2.89. The average molecular weight is 366 g/mol. The number of imidazole rings is 1. The molecule has 2 aromatic heterocycles. The maximum absolute atomic E-state index is 12.7. The van der Waals surface area contributed by atoms with Crippen LogP contribution >= 0.6 is 0 Å². The van der Waals surface area contributed by atoms with Crippen LogP contribution in [0.3, 0.4) is 0 Å². The minimum absolute atomic E-state index is 0.285. The highest BCUT2D eigenvalue weighted by Gasteiger charge is 2.15. The number of H-pyrrole nitrogens is 1. The first-order chi connectivity index (χ1) is 13.0. The molecule has 0 bridgehead atoms. The van der Waals surface area contributed by atoms with E-state index in [-0.39, 0.29) is 11.2 Å². The number of benzene rings is 1. The molecule has 1 aromatic carbocycles. The first-order valence-corrected chi connectivity index (χ1v) is 9.45. The van der Waals surface area contributed by atoms with E-state index in [9.17, 15) is 9.59 Å². The lowest BCUT2D eigenvalue weighted by Crippen LogP contribution is -2.40. The summed E-state index contributed by atoms with van der Waals surface area (Å²) in [6.07, 6.45) is 5.31. The molecule has 142 valence electrons. The number of nitrogens with one attached hydrogen (secondary N) is 1. The van der Waals surface area contributed by atoms with Gasteiger partial charge in [0.05, 0.1) is 0 Å². The number of nitrogens with zero attached hydrogens (tertiary/aromatic N) is 3. The second-order valence-electron chi connectivity index (χ2n) is 6.89. The Morgan fingerprint density at radius 2 is 1.70 bits per heavy atom. The van der Waals surface area contributed by atoms with Crippen LogP contribution in [0.5, 0.6) is 0 Å². The largest absolute Gasteiger partial charge is 0.333 e. The number of aromatic amines is 1. The van der Waals surface area contributed by atoms with E-state index in [2.05, 4.69) is 35.9 Å². The van der Waals surface area contributed by atoms with Gasteiger partial charge in [0.15, 0.2) is 5.65 Å². The molecule has 6 heteroatoms. The van der Waals surface area contributed by atoms with Crippen LogP contribution in [0.25, 0.3) is 23.3 Å². The Morgan fingerprint density at radius 3 is 2.37 bits per heavy atom. The lowest BCUT2D eigenvalue weighted by molar-refractivity contribution is 0.555. The van der Waals surface area contributed by atoms with Crippen molar-refractivity contribution in [2.45, 2.75) is 53.6 Å². The van der Waals surface area contributed by atoms with E-state index in [4.69, 9.17) is 0 Å². The quantitative estimate of drug-likeness (QED) is 0.726. The number of fused-ring (bicyclic) bond motifs is 1. The van der Waals surface area contributed by atoms with Gasteiger partial charge in [-0.1, -0.05) is 38.1 Å². The zero-order valence-corrected chi connectivity index (χ0v) is 16.4. The molecule has 0 atom stereocenters. The van der Waals surface area contributed by atoms with Gasteiger partial charge >= 0.3 is 5.69 Å². The highest BCUT2D eigenvalue weighted by molar-refractivity contribution is 5.75. The molecule has 0 aliphatic heterocycles. The van der Waals surface area contributed by atoms with Gasteiger partial charge in [-0.3, -0.25) is 13.9 Å². The zero-order valence-electron chi connectivity index (χ0n) is 16.4. The topological polar surface area (TPSA) is 72.7 Å². The van der Waals surface area contributed by atoms with Gasteiger partial charge in [0, 0.05) is 13.1 Å². The molecule has 3 rings (SSSR count). The maximum atomic E-state index is 12.7. The van der Waals surface area contributed by atoms with Crippen LogP contribution in [0.15, 0.2) is 27.8 Å². The minimum atomic E-state index is -0.303. The summed E-state index contributed by atoms with van der Waals surface area (Å²) < 4.78 is 2.89. The van der Waals surface area contributed by atoms with Gasteiger partial charge in [-0.05, 0) is 49.5 Å². The molecule has 0 spiro atoms. The Bertz CT molecular complexity index is 1120. The van der Waals surface area contributed by atoms with E-state index in [1.807, 2.05) is 32.1 Å². The summed E-state index contributed by atoms with van der Waals surface area (Å²) in [5, 5.41) is 0. The van der Waals surface area contributed by atoms with Crippen LogP contribution in [0, 0.1) is 13.8 Å². The van der Waals surface area contributed by atoms with Gasteiger partial charge in [0.25, 0.3) is 5.56 Å². The molecule has 0 amide bonds. The van der Waals surface area contributed by atoms with Crippen molar-refractivity contribution in [3.8, 4) is 0 Å². The van der Waals surface area contributed by atoms with E-state index >= 15 is 0 Å². The average Bonchev–Trinajstić information content (AvgIpc) is 3.07. The molecule has 0 radical (unpaired) electrons. The summed E-state index contributed by atoms with van der Waals surface area (Å²) in [6.45, 7) is 9.05. The zero-order chi connectivity index (χ0) is 19.6. The van der Waals surface area contributed by atoms with Crippen LogP contribution in [0.1, 0.15) is 49.2 Å². The third-order valence-corrected chi connectivity index (χ3v) is 4.74. The first-order valence-electron chi connectivity index (χ1n) is 9.45. The molecule has 0 saturated carbocycles. The van der Waals surface area contributed by atoms with E-state index in [1.54, 1.807) is 4.57 Å². The van der Waals surface area contributed by atoms with E-state index in [0.29, 0.717) is 30.1 Å². The van der Waals surface area contributed by atoms with E-state index in [0.717, 1.165) is 18.4 Å². The normalized spacial score (nSPS) is 11.7. The number of aryl methyl sites for hydroxylation is 3. The summed E-state index contributed by atoms with van der Waals surface area (Å²) in [5.74, 6) is 0.568. The monoisotopic (exact) mass is 366 g/mol. The van der Waals surface area contributed by atoms with Crippen molar-refractivity contribution in [1.29, 1.82) is 0 Å². The first kappa shape index (κ1) is 18.9.